The van der Waals surface area contributed by atoms with E-state index in [1.807, 2.05) is 0 Å². The number of hydrogen-bond donors (Lipinski definition) is 3. The van der Waals surface area contributed by atoms with E-state index in [0.717, 1.165) is 5.56 Å². The fourth-order valence-electron chi connectivity index (χ4n) is 3.76. The van der Waals surface area contributed by atoms with Crippen LogP contribution in [0.2, 0.25) is 10.0 Å². The molecule has 174 valence electrons. The van der Waals surface area contributed by atoms with Gasteiger partial charge in [-0.3, -0.25) is 10.0 Å². The molecule has 0 saturated carbocycles. The predicted molar refractivity (Wildman–Crippen MR) is 120 cm³/mol. The fraction of sp³-hybridized carbons (Fsp3) is 0.381. The molecule has 32 heavy (non-hydrogen) atoms. The summed E-state index contributed by atoms with van der Waals surface area (Å²) < 4.78 is 38.1. The number of hydrogen-bond acceptors (Lipinski definition) is 7. The van der Waals surface area contributed by atoms with Gasteiger partial charge in [0.05, 0.1) is 15.7 Å². The van der Waals surface area contributed by atoms with Crippen LogP contribution in [-0.4, -0.2) is 42.5 Å². The molecule has 3 rings (SSSR count). The van der Waals surface area contributed by atoms with Crippen LogP contribution in [0.3, 0.4) is 0 Å². The monoisotopic (exact) mass is 502 g/mol. The van der Waals surface area contributed by atoms with E-state index in [4.69, 9.17) is 38.4 Å². The van der Waals surface area contributed by atoms with E-state index < -0.39 is 32.1 Å². The van der Waals surface area contributed by atoms with Crippen LogP contribution in [0.25, 0.3) is 0 Å². The van der Waals surface area contributed by atoms with Crippen LogP contribution in [0.15, 0.2) is 47.4 Å². The molecule has 1 saturated heterocycles. The van der Waals surface area contributed by atoms with Gasteiger partial charge in [0.1, 0.15) is 17.9 Å². The van der Waals surface area contributed by atoms with Crippen molar-refractivity contribution in [2.45, 2.75) is 48.2 Å². The normalized spacial score (nSPS) is 22.9. The van der Waals surface area contributed by atoms with Crippen molar-refractivity contribution in [3.63, 3.8) is 0 Å². The summed E-state index contributed by atoms with van der Waals surface area (Å²) in [7, 11) is -4.06. The SMILES string of the molecule is CC1(C)OCCC(S(=O)(=O)c2ccc(OCc3ccc(Cl)cc3Cl)cc2)C1(N)C(=O)NO. The highest BCUT2D eigenvalue weighted by Crippen LogP contribution is 2.39. The topological polar surface area (TPSA) is 128 Å². The van der Waals surface area contributed by atoms with Crippen LogP contribution in [0, 0.1) is 0 Å². The van der Waals surface area contributed by atoms with Crippen molar-refractivity contribution in [1.82, 2.24) is 5.48 Å². The molecule has 0 aromatic heterocycles. The molecule has 1 heterocycles. The number of ether oxygens (including phenoxy) is 2. The van der Waals surface area contributed by atoms with E-state index >= 15 is 0 Å². The average Bonchev–Trinajstić information content (AvgIpc) is 2.74. The summed E-state index contributed by atoms with van der Waals surface area (Å²) in [6.07, 6.45) is -0.0109. The molecule has 2 aromatic carbocycles. The minimum Gasteiger partial charge on any atom is -0.489 e. The zero-order valence-corrected chi connectivity index (χ0v) is 19.8. The highest BCUT2D eigenvalue weighted by Gasteiger charge is 2.61. The summed E-state index contributed by atoms with van der Waals surface area (Å²) in [5, 5.41) is 8.85. The first-order valence-corrected chi connectivity index (χ1v) is 12.0. The lowest BCUT2D eigenvalue weighted by Crippen LogP contribution is -2.76. The van der Waals surface area contributed by atoms with Crippen molar-refractivity contribution < 1.29 is 27.9 Å². The molecule has 2 atom stereocenters. The quantitative estimate of drug-likeness (QED) is 0.408. The maximum absolute atomic E-state index is 13.4. The first-order valence-electron chi connectivity index (χ1n) is 9.71. The minimum absolute atomic E-state index is 0.0109. The zero-order chi connectivity index (χ0) is 23.7. The number of carbonyl (C=O) groups is 1. The second-order valence-corrected chi connectivity index (χ2v) is 11.0. The number of amides is 1. The van der Waals surface area contributed by atoms with E-state index in [1.165, 1.54) is 43.6 Å². The summed E-state index contributed by atoms with van der Waals surface area (Å²) in [4.78, 5) is 12.4. The number of nitrogens with two attached hydrogens (primary N) is 1. The van der Waals surface area contributed by atoms with Gasteiger partial charge in [-0.1, -0.05) is 29.3 Å². The number of hydroxylamine groups is 1. The predicted octanol–water partition coefficient (Wildman–Crippen LogP) is 3.12. The van der Waals surface area contributed by atoms with Gasteiger partial charge >= 0.3 is 0 Å². The number of halogens is 2. The summed E-state index contributed by atoms with van der Waals surface area (Å²) in [5.41, 5.74) is 5.16. The molecule has 2 aromatic rings. The molecule has 4 N–H and O–H groups in total. The molecule has 1 fully saturated rings. The Labute approximate surface area is 196 Å². The third-order valence-electron chi connectivity index (χ3n) is 5.76. The van der Waals surface area contributed by atoms with Gasteiger partial charge in [-0.2, -0.15) is 0 Å². The summed E-state index contributed by atoms with van der Waals surface area (Å²) in [6, 6.07) is 10.8. The maximum atomic E-state index is 13.4. The first-order chi connectivity index (χ1) is 14.9. The van der Waals surface area contributed by atoms with Gasteiger partial charge in [0.25, 0.3) is 5.91 Å². The van der Waals surface area contributed by atoms with Crippen LogP contribution < -0.4 is 16.0 Å². The fourth-order valence-corrected chi connectivity index (χ4v) is 6.35. The van der Waals surface area contributed by atoms with E-state index in [2.05, 4.69) is 0 Å². The molecule has 11 heteroatoms. The Morgan fingerprint density at radius 1 is 1.25 bits per heavy atom. The lowest BCUT2D eigenvalue weighted by Gasteiger charge is -2.49. The highest BCUT2D eigenvalue weighted by molar-refractivity contribution is 7.92. The molecule has 1 amide bonds. The Hall–Kier alpha value is -1.88. The smallest absolute Gasteiger partial charge is 0.267 e. The Bertz CT molecular complexity index is 1110. The van der Waals surface area contributed by atoms with Crippen molar-refractivity contribution in [2.24, 2.45) is 5.73 Å². The molecule has 0 aliphatic carbocycles. The van der Waals surface area contributed by atoms with Crippen molar-refractivity contribution in [2.75, 3.05) is 6.61 Å². The maximum Gasteiger partial charge on any atom is 0.267 e. The molecular formula is C21H24Cl2N2O6S. The van der Waals surface area contributed by atoms with Crippen molar-refractivity contribution in [1.29, 1.82) is 0 Å². The lowest BCUT2D eigenvalue weighted by atomic mass is 9.76. The largest absolute Gasteiger partial charge is 0.489 e. The van der Waals surface area contributed by atoms with Gasteiger partial charge in [-0.25, -0.2) is 13.9 Å². The standard InChI is InChI=1S/C21H24Cl2N2O6S/c1-20(2)21(24,19(26)25-27)18(9-10-31-20)32(28,29)16-7-5-15(6-8-16)30-12-13-3-4-14(22)11-17(13)23/h3-8,11,18,27H,9-10,12,24H2,1-2H3,(H,25,26). The van der Waals surface area contributed by atoms with E-state index in [-0.39, 0.29) is 24.5 Å². The van der Waals surface area contributed by atoms with Crippen molar-refractivity contribution >= 4 is 38.9 Å². The molecule has 1 aliphatic heterocycles. The summed E-state index contributed by atoms with van der Waals surface area (Å²) in [5.74, 6) is -0.607. The average molecular weight is 503 g/mol. The van der Waals surface area contributed by atoms with Crippen LogP contribution in [-0.2, 0) is 26.0 Å². The number of benzene rings is 2. The van der Waals surface area contributed by atoms with Gasteiger partial charge in [0, 0.05) is 22.2 Å². The van der Waals surface area contributed by atoms with Gasteiger partial charge < -0.3 is 15.2 Å². The lowest BCUT2D eigenvalue weighted by molar-refractivity contribution is -0.157. The second kappa shape index (κ2) is 9.17. The van der Waals surface area contributed by atoms with Crippen LogP contribution in [0.5, 0.6) is 5.75 Å². The van der Waals surface area contributed by atoms with Gasteiger partial charge in [-0.15, -0.1) is 0 Å². The van der Waals surface area contributed by atoms with Gasteiger partial charge in [-0.05, 0) is 56.7 Å². The minimum atomic E-state index is -4.06. The highest BCUT2D eigenvalue weighted by atomic mass is 35.5. The number of rotatable bonds is 6. The molecular weight excluding hydrogens is 479 g/mol. The molecule has 1 aliphatic rings. The Morgan fingerprint density at radius 2 is 1.91 bits per heavy atom. The molecule has 0 radical (unpaired) electrons. The van der Waals surface area contributed by atoms with Gasteiger partial charge in [0.2, 0.25) is 0 Å². The molecule has 0 spiro atoms. The summed E-state index contributed by atoms with van der Waals surface area (Å²) >= 11 is 12.0. The van der Waals surface area contributed by atoms with Crippen LogP contribution in [0.1, 0.15) is 25.8 Å². The third-order valence-corrected chi connectivity index (χ3v) is 8.63. The number of nitrogens with one attached hydrogen (secondary N) is 1. The Morgan fingerprint density at radius 3 is 2.50 bits per heavy atom. The first kappa shape index (κ1) is 24.8. The van der Waals surface area contributed by atoms with E-state index in [0.29, 0.717) is 15.8 Å². The molecule has 2 unspecified atom stereocenters. The summed E-state index contributed by atoms with van der Waals surface area (Å²) in [6.45, 7) is 3.29. The Kier molecular flexibility index (Phi) is 7.09. The van der Waals surface area contributed by atoms with E-state index in [1.54, 1.807) is 18.2 Å². The van der Waals surface area contributed by atoms with Crippen molar-refractivity contribution in [3.8, 4) is 5.75 Å². The van der Waals surface area contributed by atoms with E-state index in [9.17, 15) is 18.4 Å². The van der Waals surface area contributed by atoms with Crippen molar-refractivity contribution in [3.05, 3.63) is 58.1 Å². The number of carbonyl (C=O) groups excluding carboxylic acids is 1. The number of sulfone groups is 1. The van der Waals surface area contributed by atoms with Gasteiger partial charge in [0.15, 0.2) is 9.84 Å². The van der Waals surface area contributed by atoms with Crippen LogP contribution in [0.4, 0.5) is 0 Å². The van der Waals surface area contributed by atoms with Crippen LogP contribution >= 0.6 is 23.2 Å². The molecule has 0 bridgehead atoms. The Balaban J connectivity index is 1.84. The third kappa shape index (κ3) is 4.46. The zero-order valence-electron chi connectivity index (χ0n) is 17.5. The second-order valence-electron chi connectivity index (χ2n) is 7.99. The molecule has 8 nitrogen and oxygen atoms in total.